The Morgan fingerprint density at radius 2 is 1.80 bits per heavy atom. The minimum Gasteiger partial charge on any atom is -0.492 e. The molecule has 1 aliphatic heterocycles. The highest BCUT2D eigenvalue weighted by Crippen LogP contribution is 2.33. The summed E-state index contributed by atoms with van der Waals surface area (Å²) >= 11 is 0. The van der Waals surface area contributed by atoms with Gasteiger partial charge in [-0.2, -0.15) is 0 Å². The van der Waals surface area contributed by atoms with Crippen molar-refractivity contribution in [3.63, 3.8) is 0 Å². The van der Waals surface area contributed by atoms with E-state index in [9.17, 15) is 4.79 Å². The molecule has 2 aromatic heterocycles. The van der Waals surface area contributed by atoms with Crippen molar-refractivity contribution in [1.29, 1.82) is 0 Å². The number of benzene rings is 3. The second kappa shape index (κ2) is 13.4. The molecule has 0 fully saturated rings. The van der Waals surface area contributed by atoms with Crippen molar-refractivity contribution in [2.75, 3.05) is 33.0 Å². The summed E-state index contributed by atoms with van der Waals surface area (Å²) in [6.07, 6.45) is 0.655. The smallest absolute Gasteiger partial charge is 0.276 e. The van der Waals surface area contributed by atoms with Crippen LogP contribution < -0.4 is 9.47 Å². The fourth-order valence-electron chi connectivity index (χ4n) is 5.74. The minimum absolute atomic E-state index is 0.209. The van der Waals surface area contributed by atoms with Gasteiger partial charge in [-0.05, 0) is 74.2 Å². The summed E-state index contributed by atoms with van der Waals surface area (Å²) < 4.78 is 25.0. The average molecular weight is 608 g/mol. The maximum atomic E-state index is 14.0. The van der Waals surface area contributed by atoms with Crippen molar-refractivity contribution in [2.24, 2.45) is 0 Å². The molecule has 2 bridgehead atoms. The predicted octanol–water partition coefficient (Wildman–Crippen LogP) is 5.89. The highest BCUT2D eigenvalue weighted by atomic mass is 16.5. The number of hydrogen-bond donors (Lipinski definition) is 0. The van der Waals surface area contributed by atoms with Crippen LogP contribution in [0.2, 0.25) is 0 Å². The molecule has 1 aliphatic rings. The van der Waals surface area contributed by atoms with Gasteiger partial charge in [0.2, 0.25) is 0 Å². The number of nitrogens with zero attached hydrogens (tertiary/aromatic N) is 5. The molecular formula is C35H37N5O5. The standard InChI is InChI=1S/C35H37N5O5/c1-5-43-32-12-7-6-11-30(32)40-24(3)34(36-38-40)35(41)39-15-16-42-17-18-44-31-14-13-28(33-23(2)37-45-25(33)4)21-29(31)20-26-9-8-10-27(19-26)22-39/h6-14,19,21H,5,15-18,20,22H2,1-4H3. The van der Waals surface area contributed by atoms with Crippen LogP contribution >= 0.6 is 0 Å². The lowest BCUT2D eigenvalue weighted by molar-refractivity contribution is 0.0566. The molecule has 232 valence electrons. The summed E-state index contributed by atoms with van der Waals surface area (Å²) in [6.45, 7) is 10.1. The van der Waals surface area contributed by atoms with Crippen LogP contribution in [0.25, 0.3) is 16.8 Å². The number of fused-ring (bicyclic) bond motifs is 3. The summed E-state index contributed by atoms with van der Waals surface area (Å²) in [6, 6.07) is 22.1. The molecule has 0 atom stereocenters. The Labute approximate surface area is 262 Å². The number of aromatic nitrogens is 4. The second-order valence-electron chi connectivity index (χ2n) is 11.0. The van der Waals surface area contributed by atoms with Crippen LogP contribution in [0.3, 0.4) is 0 Å². The lowest BCUT2D eigenvalue weighted by atomic mass is 9.96. The third kappa shape index (κ3) is 6.46. The van der Waals surface area contributed by atoms with Crippen LogP contribution in [0.1, 0.15) is 51.3 Å². The molecule has 6 rings (SSSR count). The van der Waals surface area contributed by atoms with E-state index < -0.39 is 0 Å². The Morgan fingerprint density at radius 3 is 2.62 bits per heavy atom. The zero-order valence-electron chi connectivity index (χ0n) is 26.1. The quantitative estimate of drug-likeness (QED) is 0.244. The Hall–Kier alpha value is -4.96. The molecule has 0 radical (unpaired) electrons. The average Bonchev–Trinajstić information content (AvgIpc) is 3.59. The Bertz CT molecular complexity index is 1790. The first-order valence-electron chi connectivity index (χ1n) is 15.2. The molecule has 1 amide bonds. The van der Waals surface area contributed by atoms with Crippen molar-refractivity contribution in [3.8, 4) is 28.3 Å². The first-order chi connectivity index (χ1) is 21.9. The Balaban J connectivity index is 1.29. The van der Waals surface area contributed by atoms with Crippen LogP contribution in [-0.4, -0.2) is 63.9 Å². The largest absolute Gasteiger partial charge is 0.492 e. The minimum atomic E-state index is -0.209. The van der Waals surface area contributed by atoms with Gasteiger partial charge in [-0.3, -0.25) is 4.79 Å². The molecule has 0 saturated heterocycles. The number of carbonyl (C=O) groups excluding carboxylic acids is 1. The number of aryl methyl sites for hydroxylation is 2. The predicted molar refractivity (Wildman–Crippen MR) is 169 cm³/mol. The van der Waals surface area contributed by atoms with Gasteiger partial charge in [-0.25, -0.2) is 4.68 Å². The molecule has 3 aromatic carbocycles. The lowest BCUT2D eigenvalue weighted by Crippen LogP contribution is -2.34. The molecule has 0 N–H and O–H groups in total. The number of para-hydroxylation sites is 2. The third-order valence-electron chi connectivity index (χ3n) is 7.91. The van der Waals surface area contributed by atoms with E-state index in [0.717, 1.165) is 50.7 Å². The van der Waals surface area contributed by atoms with E-state index in [1.807, 2.05) is 76.2 Å². The number of rotatable bonds is 5. The van der Waals surface area contributed by atoms with E-state index in [4.69, 9.17) is 18.7 Å². The lowest BCUT2D eigenvalue weighted by Gasteiger charge is -2.23. The summed E-state index contributed by atoms with van der Waals surface area (Å²) in [7, 11) is 0. The number of amides is 1. The van der Waals surface area contributed by atoms with Crippen LogP contribution in [-0.2, 0) is 17.7 Å². The first-order valence-corrected chi connectivity index (χ1v) is 15.2. The molecule has 3 heterocycles. The molecule has 10 nitrogen and oxygen atoms in total. The summed E-state index contributed by atoms with van der Waals surface area (Å²) in [4.78, 5) is 15.7. The van der Waals surface area contributed by atoms with Gasteiger partial charge in [0, 0.05) is 25.1 Å². The van der Waals surface area contributed by atoms with Crippen molar-refractivity contribution in [2.45, 2.75) is 40.7 Å². The van der Waals surface area contributed by atoms with Crippen molar-refractivity contribution < 1.29 is 23.5 Å². The molecule has 45 heavy (non-hydrogen) atoms. The molecular weight excluding hydrogens is 570 g/mol. The third-order valence-corrected chi connectivity index (χ3v) is 7.91. The van der Waals surface area contributed by atoms with Crippen molar-refractivity contribution >= 4 is 5.91 Å². The van der Waals surface area contributed by atoms with E-state index in [1.165, 1.54) is 0 Å². The Morgan fingerprint density at radius 1 is 0.956 bits per heavy atom. The molecule has 5 aromatic rings. The fraction of sp³-hybridized carbons (Fsp3) is 0.314. The van der Waals surface area contributed by atoms with E-state index in [2.05, 4.69) is 33.7 Å². The molecule has 0 saturated carbocycles. The summed E-state index contributed by atoms with van der Waals surface area (Å²) in [5, 5.41) is 12.8. The highest BCUT2D eigenvalue weighted by molar-refractivity contribution is 5.93. The van der Waals surface area contributed by atoms with Gasteiger partial charge in [0.1, 0.15) is 29.6 Å². The second-order valence-corrected chi connectivity index (χ2v) is 11.0. The van der Waals surface area contributed by atoms with Crippen LogP contribution in [0.5, 0.6) is 11.5 Å². The number of hydrogen-bond acceptors (Lipinski definition) is 8. The topological polar surface area (TPSA) is 105 Å². The normalized spacial score (nSPS) is 13.9. The first kappa shape index (κ1) is 30.1. The van der Waals surface area contributed by atoms with E-state index >= 15 is 0 Å². The van der Waals surface area contributed by atoms with E-state index in [1.54, 1.807) is 9.58 Å². The molecule has 10 heteroatoms. The number of carbonyl (C=O) groups is 1. The van der Waals surface area contributed by atoms with Gasteiger partial charge in [-0.15, -0.1) is 5.10 Å². The molecule has 0 unspecified atom stereocenters. The van der Waals surface area contributed by atoms with Gasteiger partial charge in [-0.1, -0.05) is 52.8 Å². The molecule has 0 spiro atoms. The maximum Gasteiger partial charge on any atom is 0.276 e. The van der Waals surface area contributed by atoms with E-state index in [0.29, 0.717) is 63.1 Å². The summed E-state index contributed by atoms with van der Waals surface area (Å²) in [5.41, 5.74) is 7.72. The fourth-order valence-corrected chi connectivity index (χ4v) is 5.74. The maximum absolute atomic E-state index is 14.0. The zero-order valence-corrected chi connectivity index (χ0v) is 26.1. The van der Waals surface area contributed by atoms with E-state index in [-0.39, 0.29) is 5.91 Å². The summed E-state index contributed by atoms with van der Waals surface area (Å²) in [5.74, 6) is 2.07. The van der Waals surface area contributed by atoms with Crippen molar-refractivity contribution in [3.05, 3.63) is 106 Å². The van der Waals surface area contributed by atoms with Crippen LogP contribution in [0.15, 0.2) is 71.3 Å². The van der Waals surface area contributed by atoms with Gasteiger partial charge >= 0.3 is 0 Å². The Kier molecular flexibility index (Phi) is 8.93. The highest BCUT2D eigenvalue weighted by Gasteiger charge is 2.25. The van der Waals surface area contributed by atoms with Crippen LogP contribution in [0, 0.1) is 20.8 Å². The number of ether oxygens (including phenoxy) is 3. The van der Waals surface area contributed by atoms with Crippen molar-refractivity contribution in [1.82, 2.24) is 25.1 Å². The van der Waals surface area contributed by atoms with Gasteiger partial charge in [0.25, 0.3) is 5.91 Å². The van der Waals surface area contributed by atoms with Gasteiger partial charge in [0.15, 0.2) is 5.69 Å². The van der Waals surface area contributed by atoms with Gasteiger partial charge < -0.3 is 23.6 Å². The van der Waals surface area contributed by atoms with Gasteiger partial charge in [0.05, 0.1) is 31.2 Å². The van der Waals surface area contributed by atoms with Crippen LogP contribution in [0.4, 0.5) is 0 Å². The zero-order chi connectivity index (χ0) is 31.3. The SMILES string of the molecule is CCOc1ccccc1-n1nnc(C(=O)N2CCOCCOc3ccc(-c4c(C)noc4C)cc3Cc3cccc(c3)C2)c1C. The monoisotopic (exact) mass is 607 g/mol. The molecule has 0 aliphatic carbocycles.